The number of ether oxygens (including phenoxy) is 1. The topological polar surface area (TPSA) is 81.8 Å². The third-order valence-corrected chi connectivity index (χ3v) is 8.17. The monoisotopic (exact) mass is 496 g/mol. The van der Waals surface area contributed by atoms with E-state index in [0.717, 1.165) is 13.0 Å². The highest BCUT2D eigenvalue weighted by Crippen LogP contribution is 2.51. The van der Waals surface area contributed by atoms with Gasteiger partial charge in [0.05, 0.1) is 10.6 Å². The molecule has 0 aliphatic carbocycles. The molecule has 1 aliphatic heterocycles. The number of nitrogens with zero attached hydrogens (tertiary/aromatic N) is 1. The number of hydrogen-bond donors (Lipinski definition) is 1. The summed E-state index contributed by atoms with van der Waals surface area (Å²) in [6.07, 6.45) is 0. The minimum absolute atomic E-state index is 0.0640. The molecular formula is C25H31F3N2O3S. The minimum Gasteiger partial charge on any atom is -0.385 e. The molecule has 34 heavy (non-hydrogen) atoms. The van der Waals surface area contributed by atoms with Gasteiger partial charge >= 0.3 is 5.92 Å². The largest absolute Gasteiger partial charge is 0.385 e. The van der Waals surface area contributed by atoms with Gasteiger partial charge in [-0.05, 0) is 61.6 Å². The molecule has 0 aromatic heterocycles. The summed E-state index contributed by atoms with van der Waals surface area (Å²) in [5.74, 6) is -4.74. The summed E-state index contributed by atoms with van der Waals surface area (Å²) in [5.41, 5.74) is 1.49. The van der Waals surface area contributed by atoms with Crippen LogP contribution in [0.15, 0.2) is 52.4 Å². The van der Waals surface area contributed by atoms with Crippen LogP contribution in [0.1, 0.15) is 47.1 Å². The molecule has 2 N–H and O–H groups in total. The van der Waals surface area contributed by atoms with Crippen molar-refractivity contribution in [1.82, 2.24) is 0 Å². The molecule has 5 nitrogen and oxygen atoms in total. The summed E-state index contributed by atoms with van der Waals surface area (Å²) < 4.78 is 77.5. The number of amidine groups is 1. The third kappa shape index (κ3) is 4.73. The van der Waals surface area contributed by atoms with E-state index in [-0.39, 0.29) is 28.7 Å². The number of sulfone groups is 1. The number of rotatable bonds is 4. The average Bonchev–Trinajstić information content (AvgIpc) is 2.76. The first-order valence-electron chi connectivity index (χ1n) is 10.9. The third-order valence-electron chi connectivity index (χ3n) is 5.96. The normalized spacial score (nSPS) is 22.7. The zero-order chi connectivity index (χ0) is 25.7. The van der Waals surface area contributed by atoms with E-state index in [9.17, 15) is 8.42 Å². The first-order chi connectivity index (χ1) is 15.4. The molecular weight excluding hydrogens is 465 g/mol. The van der Waals surface area contributed by atoms with Crippen molar-refractivity contribution in [2.45, 2.75) is 63.5 Å². The molecule has 1 atom stereocenters. The lowest BCUT2D eigenvalue weighted by atomic mass is 9.77. The van der Waals surface area contributed by atoms with Crippen LogP contribution in [0, 0.1) is 11.2 Å². The van der Waals surface area contributed by atoms with Crippen molar-refractivity contribution in [1.29, 1.82) is 0 Å². The molecule has 0 bridgehead atoms. The van der Waals surface area contributed by atoms with Gasteiger partial charge in [0.1, 0.15) is 23.9 Å². The van der Waals surface area contributed by atoms with Gasteiger partial charge in [0.25, 0.3) is 0 Å². The van der Waals surface area contributed by atoms with Crippen LogP contribution in [0.25, 0.3) is 11.1 Å². The number of nitrogens with two attached hydrogens (primary N) is 1. The lowest BCUT2D eigenvalue weighted by Crippen LogP contribution is -2.56. The second kappa shape index (κ2) is 8.37. The Morgan fingerprint density at radius 3 is 2.29 bits per heavy atom. The van der Waals surface area contributed by atoms with Gasteiger partial charge in [-0.3, -0.25) is 4.99 Å². The molecule has 2 aromatic carbocycles. The molecule has 0 spiro atoms. The highest BCUT2D eigenvalue weighted by Gasteiger charge is 2.63. The fourth-order valence-electron chi connectivity index (χ4n) is 4.15. The van der Waals surface area contributed by atoms with E-state index >= 15 is 13.2 Å². The van der Waals surface area contributed by atoms with Gasteiger partial charge in [0, 0.05) is 5.56 Å². The Labute approximate surface area is 199 Å². The van der Waals surface area contributed by atoms with Crippen LogP contribution in [0.2, 0.25) is 0 Å². The number of alkyl halides is 2. The Kier molecular flexibility index (Phi) is 6.46. The summed E-state index contributed by atoms with van der Waals surface area (Å²) in [4.78, 5) is 4.11. The van der Waals surface area contributed by atoms with E-state index in [0.29, 0.717) is 11.1 Å². The second-order valence-electron chi connectivity index (χ2n) is 10.6. The smallest absolute Gasteiger partial charge is 0.304 e. The highest BCUT2D eigenvalue weighted by molar-refractivity contribution is 7.91. The number of benzene rings is 2. The Morgan fingerprint density at radius 1 is 1.06 bits per heavy atom. The summed E-state index contributed by atoms with van der Waals surface area (Å²) in [5, 5.41) is 0. The van der Waals surface area contributed by atoms with Crippen LogP contribution in [-0.2, 0) is 20.1 Å². The molecule has 3 rings (SSSR count). The van der Waals surface area contributed by atoms with E-state index < -0.39 is 38.1 Å². The van der Waals surface area contributed by atoms with Gasteiger partial charge in [-0.1, -0.05) is 39.0 Å². The zero-order valence-corrected chi connectivity index (χ0v) is 21.1. The molecule has 0 unspecified atom stereocenters. The molecule has 1 heterocycles. The van der Waals surface area contributed by atoms with Gasteiger partial charge in [0.15, 0.2) is 15.4 Å². The quantitative estimate of drug-likeness (QED) is 0.620. The molecule has 186 valence electrons. The van der Waals surface area contributed by atoms with Crippen molar-refractivity contribution < 1.29 is 26.3 Å². The lowest BCUT2D eigenvalue weighted by molar-refractivity contribution is -0.214. The number of aliphatic imine (C=N–C) groups is 1. The van der Waals surface area contributed by atoms with E-state index in [1.807, 2.05) is 20.8 Å². The number of hydrogen-bond acceptors (Lipinski definition) is 5. The first-order valence-corrected chi connectivity index (χ1v) is 12.5. The summed E-state index contributed by atoms with van der Waals surface area (Å²) in [7, 11) is -3.59. The average molecular weight is 497 g/mol. The molecule has 9 heteroatoms. The lowest BCUT2D eigenvalue weighted by Gasteiger charge is -2.42. The van der Waals surface area contributed by atoms with Gasteiger partial charge in [-0.15, -0.1) is 0 Å². The summed E-state index contributed by atoms with van der Waals surface area (Å²) in [6.45, 7) is 8.72. The fraction of sp³-hybridized carbons (Fsp3) is 0.480. The molecule has 0 radical (unpaired) electrons. The Hall–Kier alpha value is -2.39. The maximum Gasteiger partial charge on any atom is 0.304 e. The molecule has 1 aliphatic rings. The SMILES string of the molecule is CC(C)(C)CS(=O)(=O)c1cccc(-c2ccc(F)c([C@@]3(C)N=C(N)COC(C)(C)C3(F)F)c2)c1. The van der Waals surface area contributed by atoms with Gasteiger partial charge in [-0.25, -0.2) is 21.6 Å². The van der Waals surface area contributed by atoms with Crippen molar-refractivity contribution >= 4 is 15.7 Å². The highest BCUT2D eigenvalue weighted by atomic mass is 32.2. The van der Waals surface area contributed by atoms with Gasteiger partial charge in [-0.2, -0.15) is 0 Å². The van der Waals surface area contributed by atoms with Crippen LogP contribution < -0.4 is 5.73 Å². The molecule has 0 saturated carbocycles. The summed E-state index contributed by atoms with van der Waals surface area (Å²) >= 11 is 0. The Bertz CT molecular complexity index is 1230. The minimum atomic E-state index is -3.63. The predicted molar refractivity (Wildman–Crippen MR) is 127 cm³/mol. The Morgan fingerprint density at radius 2 is 1.68 bits per heavy atom. The van der Waals surface area contributed by atoms with Crippen LogP contribution in [0.3, 0.4) is 0 Å². The van der Waals surface area contributed by atoms with Crippen LogP contribution >= 0.6 is 0 Å². The van der Waals surface area contributed by atoms with E-state index in [1.54, 1.807) is 12.1 Å². The Balaban J connectivity index is 2.17. The van der Waals surface area contributed by atoms with Crippen molar-refractivity contribution in [3.8, 4) is 11.1 Å². The van der Waals surface area contributed by atoms with E-state index in [4.69, 9.17) is 10.5 Å². The zero-order valence-electron chi connectivity index (χ0n) is 20.2. The van der Waals surface area contributed by atoms with E-state index in [2.05, 4.69) is 4.99 Å². The van der Waals surface area contributed by atoms with Crippen molar-refractivity contribution in [2.24, 2.45) is 16.1 Å². The maximum absolute atomic E-state index is 15.7. The summed E-state index contributed by atoms with van der Waals surface area (Å²) in [6, 6.07) is 9.94. The van der Waals surface area contributed by atoms with Crippen molar-refractivity contribution in [3.05, 3.63) is 53.8 Å². The van der Waals surface area contributed by atoms with Crippen LogP contribution in [-0.4, -0.2) is 38.1 Å². The van der Waals surface area contributed by atoms with Gasteiger partial charge in [0.2, 0.25) is 0 Å². The standard InChI is InChI=1S/C25H31F3N2O3S/c1-22(2,3)15-34(31,32)18-9-7-8-16(12-18)17-10-11-20(26)19(13-17)24(6)25(27,28)23(4,5)33-14-21(29)30-24/h7-13H,14-15H2,1-6H3,(H2,29,30)/t24-/m1/s1. The van der Waals surface area contributed by atoms with Crippen molar-refractivity contribution in [2.75, 3.05) is 12.4 Å². The second-order valence-corrected chi connectivity index (χ2v) is 12.6. The molecule has 2 aromatic rings. The van der Waals surface area contributed by atoms with E-state index in [1.165, 1.54) is 38.1 Å². The predicted octanol–water partition coefficient (Wildman–Crippen LogP) is 5.33. The number of halogens is 3. The van der Waals surface area contributed by atoms with Crippen molar-refractivity contribution in [3.63, 3.8) is 0 Å². The first kappa shape index (κ1) is 26.2. The fourth-order valence-corrected chi connectivity index (χ4v) is 6.05. The molecule has 0 fully saturated rings. The van der Waals surface area contributed by atoms with Gasteiger partial charge < -0.3 is 10.5 Å². The van der Waals surface area contributed by atoms with Crippen LogP contribution in [0.5, 0.6) is 0 Å². The molecule has 0 saturated heterocycles. The molecule has 0 amide bonds. The van der Waals surface area contributed by atoms with Crippen LogP contribution in [0.4, 0.5) is 13.2 Å². The maximum atomic E-state index is 15.7.